The van der Waals surface area contributed by atoms with Crippen molar-refractivity contribution < 1.29 is 31.4 Å². The van der Waals surface area contributed by atoms with Crippen molar-refractivity contribution in [2.45, 2.75) is 45.6 Å². The van der Waals surface area contributed by atoms with Crippen LogP contribution in [0.3, 0.4) is 0 Å². The predicted octanol–water partition coefficient (Wildman–Crippen LogP) is 6.27. The van der Waals surface area contributed by atoms with E-state index in [0.29, 0.717) is 5.92 Å². The summed E-state index contributed by atoms with van der Waals surface area (Å²) in [6, 6.07) is 7.98. The zero-order valence-electron chi connectivity index (χ0n) is 15.8. The quantitative estimate of drug-likeness (QED) is 0.202. The van der Waals surface area contributed by atoms with Crippen LogP contribution < -0.4 is 4.74 Å². The van der Waals surface area contributed by atoms with E-state index in [1.54, 1.807) is 0 Å². The number of ether oxygens (including phenoxy) is 2. The maximum absolute atomic E-state index is 13.5. The fourth-order valence-electron chi connectivity index (χ4n) is 2.95. The van der Waals surface area contributed by atoms with Crippen LogP contribution in [0.15, 0.2) is 24.3 Å². The van der Waals surface area contributed by atoms with E-state index in [0.717, 1.165) is 24.8 Å². The molecule has 0 N–H and O–H groups in total. The van der Waals surface area contributed by atoms with Crippen molar-refractivity contribution in [3.05, 3.63) is 64.5 Å². The van der Waals surface area contributed by atoms with Gasteiger partial charge < -0.3 is 9.47 Å². The van der Waals surface area contributed by atoms with E-state index in [-0.39, 0.29) is 19.8 Å². The largest absolute Gasteiger partial charge is 0.485 e. The topological polar surface area (TPSA) is 18.5 Å². The van der Waals surface area contributed by atoms with Crippen molar-refractivity contribution in [1.82, 2.24) is 0 Å². The molecule has 154 valence electrons. The zero-order chi connectivity index (χ0) is 20.7. The van der Waals surface area contributed by atoms with Crippen LogP contribution in [-0.2, 0) is 11.3 Å². The third-order valence-corrected chi connectivity index (χ3v) is 4.49. The maximum atomic E-state index is 13.5. The summed E-state index contributed by atoms with van der Waals surface area (Å²) in [6.45, 7) is 4.12. The summed E-state index contributed by atoms with van der Waals surface area (Å²) in [7, 11) is 0. The van der Waals surface area contributed by atoms with Crippen molar-refractivity contribution in [2.75, 3.05) is 13.2 Å². The van der Waals surface area contributed by atoms with E-state index >= 15 is 0 Å². The molecule has 0 bridgehead atoms. The van der Waals surface area contributed by atoms with Crippen LogP contribution in [-0.4, -0.2) is 13.2 Å². The molecule has 0 spiro atoms. The zero-order valence-corrected chi connectivity index (χ0v) is 15.8. The smallest absolute Gasteiger partial charge is 0.206 e. The SMILES string of the molecule is CCCC(CC)c1ccc(COCCOc2c(F)c(F)c(F)c(F)c2F)cc1. The van der Waals surface area contributed by atoms with Gasteiger partial charge in [0.1, 0.15) is 6.61 Å². The van der Waals surface area contributed by atoms with Gasteiger partial charge in [0, 0.05) is 0 Å². The molecule has 0 heterocycles. The van der Waals surface area contributed by atoms with E-state index in [1.807, 2.05) is 24.3 Å². The van der Waals surface area contributed by atoms with Crippen LogP contribution in [0.2, 0.25) is 0 Å². The first-order valence-electron chi connectivity index (χ1n) is 9.21. The molecular weight excluding hydrogens is 379 g/mol. The highest BCUT2D eigenvalue weighted by atomic mass is 19.2. The summed E-state index contributed by atoms with van der Waals surface area (Å²) in [5, 5.41) is 0. The Balaban J connectivity index is 1.84. The van der Waals surface area contributed by atoms with Crippen LogP contribution in [0, 0.1) is 29.1 Å². The minimum absolute atomic E-state index is 0.0747. The molecule has 0 aliphatic heterocycles. The van der Waals surface area contributed by atoms with Gasteiger partial charge in [-0.15, -0.1) is 0 Å². The first-order valence-corrected chi connectivity index (χ1v) is 9.21. The lowest BCUT2D eigenvalue weighted by molar-refractivity contribution is 0.0852. The van der Waals surface area contributed by atoms with Gasteiger partial charge in [-0.3, -0.25) is 0 Å². The summed E-state index contributed by atoms with van der Waals surface area (Å²) >= 11 is 0. The number of halogens is 5. The molecule has 2 aromatic carbocycles. The first-order chi connectivity index (χ1) is 13.4. The fraction of sp³-hybridized carbons (Fsp3) is 0.429. The van der Waals surface area contributed by atoms with Gasteiger partial charge in [0.15, 0.2) is 5.75 Å². The van der Waals surface area contributed by atoms with Crippen LogP contribution in [0.25, 0.3) is 0 Å². The molecular formula is C21H23F5O2. The van der Waals surface area contributed by atoms with E-state index in [4.69, 9.17) is 9.47 Å². The van der Waals surface area contributed by atoms with Crippen LogP contribution in [0.1, 0.15) is 50.2 Å². The highest BCUT2D eigenvalue weighted by Crippen LogP contribution is 2.29. The summed E-state index contributed by atoms with van der Waals surface area (Å²) in [6.07, 6.45) is 3.31. The lowest BCUT2D eigenvalue weighted by Crippen LogP contribution is -2.11. The Hall–Kier alpha value is -2.15. The second kappa shape index (κ2) is 10.4. The molecule has 0 amide bonds. The molecule has 0 saturated carbocycles. The van der Waals surface area contributed by atoms with E-state index in [9.17, 15) is 22.0 Å². The molecule has 0 fully saturated rings. The van der Waals surface area contributed by atoms with Crippen molar-refractivity contribution in [3.8, 4) is 5.75 Å². The standard InChI is InChI=1S/C21H23F5O2/c1-3-5-14(4-2)15-8-6-13(7-9-15)12-27-10-11-28-21-19(25)17(23)16(22)18(24)20(21)26/h6-9,14H,3-5,10-12H2,1-2H3. The van der Waals surface area contributed by atoms with Gasteiger partial charge in [0.25, 0.3) is 0 Å². The highest BCUT2D eigenvalue weighted by Gasteiger charge is 2.26. The Morgan fingerprint density at radius 2 is 1.36 bits per heavy atom. The number of hydrogen-bond donors (Lipinski definition) is 0. The van der Waals surface area contributed by atoms with Gasteiger partial charge in [-0.05, 0) is 29.9 Å². The predicted molar refractivity (Wildman–Crippen MR) is 95.8 cm³/mol. The van der Waals surface area contributed by atoms with Crippen molar-refractivity contribution in [2.24, 2.45) is 0 Å². The highest BCUT2D eigenvalue weighted by molar-refractivity contribution is 5.29. The van der Waals surface area contributed by atoms with Gasteiger partial charge in [-0.2, -0.15) is 8.78 Å². The average Bonchev–Trinajstić information content (AvgIpc) is 2.71. The van der Waals surface area contributed by atoms with Gasteiger partial charge in [0.05, 0.1) is 13.2 Å². The maximum Gasteiger partial charge on any atom is 0.206 e. The Morgan fingerprint density at radius 1 is 0.786 bits per heavy atom. The molecule has 2 aromatic rings. The van der Waals surface area contributed by atoms with Gasteiger partial charge >= 0.3 is 0 Å². The third-order valence-electron chi connectivity index (χ3n) is 4.49. The summed E-state index contributed by atoms with van der Waals surface area (Å²) < 4.78 is 76.1. The second-order valence-corrected chi connectivity index (χ2v) is 6.44. The van der Waals surface area contributed by atoms with E-state index in [2.05, 4.69) is 13.8 Å². The average molecular weight is 402 g/mol. The van der Waals surface area contributed by atoms with Crippen molar-refractivity contribution in [3.63, 3.8) is 0 Å². The lowest BCUT2D eigenvalue weighted by atomic mass is 9.92. The Kier molecular flexibility index (Phi) is 8.23. The number of rotatable bonds is 10. The normalized spacial score (nSPS) is 12.2. The Labute approximate surface area is 161 Å². The van der Waals surface area contributed by atoms with Gasteiger partial charge in [0.2, 0.25) is 29.1 Å². The Morgan fingerprint density at radius 3 is 1.89 bits per heavy atom. The summed E-state index contributed by atoms with van der Waals surface area (Å²) in [5.41, 5.74) is 2.18. The third kappa shape index (κ3) is 5.22. The Bertz CT molecular complexity index is 748. The van der Waals surface area contributed by atoms with E-state index < -0.39 is 34.8 Å². The molecule has 0 aromatic heterocycles. The first kappa shape index (κ1) is 22.1. The van der Waals surface area contributed by atoms with Gasteiger partial charge in [-0.1, -0.05) is 44.5 Å². The molecule has 0 aliphatic carbocycles. The molecule has 0 saturated heterocycles. The molecule has 7 heteroatoms. The molecule has 1 unspecified atom stereocenters. The molecule has 2 nitrogen and oxygen atoms in total. The van der Waals surface area contributed by atoms with Crippen LogP contribution >= 0.6 is 0 Å². The van der Waals surface area contributed by atoms with Gasteiger partial charge in [-0.25, -0.2) is 13.2 Å². The summed E-state index contributed by atoms with van der Waals surface area (Å²) in [4.78, 5) is 0. The van der Waals surface area contributed by atoms with Crippen LogP contribution in [0.5, 0.6) is 5.75 Å². The number of benzene rings is 2. The minimum Gasteiger partial charge on any atom is -0.485 e. The fourth-order valence-corrected chi connectivity index (χ4v) is 2.95. The second-order valence-electron chi connectivity index (χ2n) is 6.44. The minimum atomic E-state index is -2.22. The molecule has 2 rings (SSSR count). The van der Waals surface area contributed by atoms with E-state index in [1.165, 1.54) is 5.56 Å². The molecule has 0 radical (unpaired) electrons. The lowest BCUT2D eigenvalue weighted by Gasteiger charge is -2.15. The summed E-state index contributed by atoms with van der Waals surface area (Å²) in [5.74, 6) is -11.1. The van der Waals surface area contributed by atoms with Crippen molar-refractivity contribution in [1.29, 1.82) is 0 Å². The van der Waals surface area contributed by atoms with Crippen molar-refractivity contribution >= 4 is 0 Å². The monoisotopic (exact) mass is 402 g/mol. The molecule has 1 atom stereocenters. The molecule has 0 aliphatic rings. The van der Waals surface area contributed by atoms with Crippen LogP contribution in [0.4, 0.5) is 22.0 Å². The molecule has 28 heavy (non-hydrogen) atoms. The number of hydrogen-bond acceptors (Lipinski definition) is 2.